The zero-order valence-electron chi connectivity index (χ0n) is 19.5. The first-order valence-corrected chi connectivity index (χ1v) is 13.6. The van der Waals surface area contributed by atoms with Crippen LogP contribution in [-0.2, 0) is 23.3 Å². The van der Waals surface area contributed by atoms with Crippen molar-refractivity contribution in [2.24, 2.45) is 5.92 Å². The van der Waals surface area contributed by atoms with E-state index in [1.54, 1.807) is 6.07 Å². The Labute approximate surface area is 204 Å². The van der Waals surface area contributed by atoms with E-state index in [9.17, 15) is 8.78 Å². The van der Waals surface area contributed by atoms with Crippen molar-refractivity contribution in [2.45, 2.75) is 34.6 Å². The Bertz CT molecular complexity index is 1060. The van der Waals surface area contributed by atoms with Crippen LogP contribution in [0.25, 0.3) is 21.9 Å². The summed E-state index contributed by atoms with van der Waals surface area (Å²) in [6.45, 7) is 13.6. The van der Waals surface area contributed by atoms with Gasteiger partial charge in [0.15, 0.2) is 0 Å². The minimum atomic E-state index is -0.539. The van der Waals surface area contributed by atoms with Gasteiger partial charge >= 0.3 is 30.2 Å². The van der Waals surface area contributed by atoms with E-state index in [4.69, 9.17) is 0 Å². The number of halogens is 2. The van der Waals surface area contributed by atoms with E-state index in [1.165, 1.54) is 46.1 Å². The van der Waals surface area contributed by atoms with Crippen LogP contribution >= 0.6 is 0 Å². The normalized spacial score (nSPS) is 14.4. The number of rotatable bonds is 1. The Balaban J connectivity index is 0.000000595. The van der Waals surface area contributed by atoms with Crippen LogP contribution in [0.2, 0.25) is 0 Å². The molecule has 4 heteroatoms. The molecule has 4 rings (SSSR count). The Hall–Kier alpha value is -1.51. The van der Waals surface area contributed by atoms with E-state index < -0.39 is 11.6 Å². The van der Waals surface area contributed by atoms with E-state index in [-0.39, 0.29) is 14.9 Å². The first-order chi connectivity index (χ1) is 13.8. The molecule has 0 heterocycles. The van der Waals surface area contributed by atoms with Crippen molar-refractivity contribution >= 4 is 17.7 Å². The molecule has 1 aliphatic carbocycles. The van der Waals surface area contributed by atoms with E-state index in [0.29, 0.717) is 16.7 Å². The number of benzene rings is 2. The van der Waals surface area contributed by atoms with Crippen LogP contribution in [0.5, 0.6) is 0 Å². The molecule has 0 saturated heterocycles. The molecule has 1 aliphatic rings. The van der Waals surface area contributed by atoms with E-state index in [2.05, 4.69) is 40.7 Å². The van der Waals surface area contributed by atoms with Crippen molar-refractivity contribution in [1.82, 2.24) is 0 Å². The van der Waals surface area contributed by atoms with Crippen molar-refractivity contribution in [1.29, 1.82) is 0 Å². The predicted molar refractivity (Wildman–Crippen MR) is 128 cm³/mol. The average molecular weight is 512 g/mol. The molecule has 31 heavy (non-hydrogen) atoms. The van der Waals surface area contributed by atoms with E-state index in [1.807, 2.05) is 37.3 Å². The maximum absolute atomic E-state index is 13.7. The summed E-state index contributed by atoms with van der Waals surface area (Å²) in [5.41, 5.74) is 7.09. The Kier molecular flexibility index (Phi) is 12.5. The Morgan fingerprint density at radius 2 is 1.55 bits per heavy atom. The minimum absolute atomic E-state index is 0. The van der Waals surface area contributed by atoms with Gasteiger partial charge in [-0.15, -0.1) is 34.9 Å². The topological polar surface area (TPSA) is 0 Å². The van der Waals surface area contributed by atoms with Crippen molar-refractivity contribution < 1.29 is 32.1 Å². The second kappa shape index (κ2) is 13.1. The van der Waals surface area contributed by atoms with Crippen LogP contribution < -0.4 is 0 Å². The molecule has 0 spiro atoms. The van der Waals surface area contributed by atoms with Gasteiger partial charge in [0.25, 0.3) is 0 Å². The van der Waals surface area contributed by atoms with Crippen molar-refractivity contribution in [3.05, 3.63) is 103 Å². The Morgan fingerprint density at radius 1 is 0.968 bits per heavy atom. The maximum atomic E-state index is 13.7. The summed E-state index contributed by atoms with van der Waals surface area (Å²) in [6.07, 6.45) is 3.36. The molecular formula is C27H30F2SiZr-4. The second-order valence-electron chi connectivity index (χ2n) is 7.22. The number of allylic oxidation sites excluding steroid dienone is 4. The quantitative estimate of drug-likeness (QED) is 0.229. The van der Waals surface area contributed by atoms with Crippen LogP contribution in [0.1, 0.15) is 33.3 Å². The monoisotopic (exact) mass is 510 g/mol. The van der Waals surface area contributed by atoms with E-state index >= 15 is 0 Å². The fraction of sp³-hybridized carbons (Fsp3) is 0.222. The fourth-order valence-corrected chi connectivity index (χ4v) is 3.59. The van der Waals surface area contributed by atoms with Gasteiger partial charge in [0.05, 0.1) is 0 Å². The average Bonchev–Trinajstić information content (AvgIpc) is 3.15. The molecule has 0 fully saturated rings. The van der Waals surface area contributed by atoms with Crippen molar-refractivity contribution in [2.75, 3.05) is 0 Å². The molecule has 1 atom stereocenters. The molecule has 164 valence electrons. The molecule has 0 aromatic heterocycles. The van der Waals surface area contributed by atoms with Gasteiger partial charge in [-0.2, -0.15) is 11.1 Å². The third-order valence-corrected chi connectivity index (χ3v) is 5.42. The fourth-order valence-electron chi connectivity index (χ4n) is 3.59. The molecular weight excluding hydrogens is 482 g/mol. The summed E-state index contributed by atoms with van der Waals surface area (Å²) in [4.78, 5) is 0. The number of aryl methyl sites for hydroxylation is 1. The Morgan fingerprint density at radius 3 is 2.00 bits per heavy atom. The van der Waals surface area contributed by atoms with Gasteiger partial charge < -0.3 is 14.9 Å². The first kappa shape index (κ1) is 29.5. The summed E-state index contributed by atoms with van der Waals surface area (Å²) < 4.78 is 27.1. The van der Waals surface area contributed by atoms with Gasteiger partial charge in [-0.25, -0.2) is 9.96 Å². The molecule has 2 radical (unpaired) electrons. The standard InChI is InChI=1S/C16H11F2.C9H13.2CH3.Si.Zr/c1-10-7-13-14(8-12(17)9-15(13)18)16(10)11-5-3-2-4-6-11;1-6-5-7(2)9(4)8(6)3;;;;/h2-9H,1H3;6H,1-4H3;2*1H3;;/q4*-1;;. The summed E-state index contributed by atoms with van der Waals surface area (Å²) in [6, 6.07) is 13.8. The summed E-state index contributed by atoms with van der Waals surface area (Å²) >= 11 is 1.36. The molecule has 0 saturated carbocycles. The van der Waals surface area contributed by atoms with Crippen LogP contribution in [0.3, 0.4) is 0 Å². The number of hydrogen-bond acceptors (Lipinski definition) is 0. The molecule has 3 aromatic carbocycles. The van der Waals surface area contributed by atoms with Crippen LogP contribution in [0.15, 0.2) is 65.3 Å². The van der Waals surface area contributed by atoms with Crippen LogP contribution in [-0.4, -0.2) is 6.88 Å². The first-order valence-electron chi connectivity index (χ1n) is 9.43. The molecule has 0 N–H and O–H groups in total. The third-order valence-electron chi connectivity index (χ3n) is 5.42. The van der Waals surface area contributed by atoms with E-state index in [0.717, 1.165) is 22.8 Å². The van der Waals surface area contributed by atoms with Gasteiger partial charge in [-0.3, -0.25) is 10.5 Å². The zero-order valence-corrected chi connectivity index (χ0v) is 22.9. The van der Waals surface area contributed by atoms with Gasteiger partial charge in [0, 0.05) is 5.82 Å². The molecule has 0 aliphatic heterocycles. The summed E-state index contributed by atoms with van der Waals surface area (Å²) in [7, 11) is 0. The summed E-state index contributed by atoms with van der Waals surface area (Å²) in [5.74, 6) is -0.483. The van der Waals surface area contributed by atoms with Crippen LogP contribution in [0.4, 0.5) is 8.78 Å². The third kappa shape index (κ3) is 6.73. The molecule has 1 unspecified atom stereocenters. The van der Waals surface area contributed by atoms with Gasteiger partial charge in [-0.05, 0) is 6.07 Å². The predicted octanol–water partition coefficient (Wildman–Crippen LogP) is 8.05. The molecule has 0 amide bonds. The second-order valence-corrected chi connectivity index (χ2v) is 7.22. The SMILES string of the molecule is CC1=[C-]C(C)C(C)=C1C.Cc1[cH-]c2c(F)cc(F)cc2c1-c1ccccc1.[CH3-].[CH3-].[Si]=[Zr]. The van der Waals surface area contributed by atoms with Gasteiger partial charge in [0.2, 0.25) is 0 Å². The van der Waals surface area contributed by atoms with Gasteiger partial charge in [0.1, 0.15) is 5.82 Å². The van der Waals surface area contributed by atoms with Crippen LogP contribution in [0, 0.1) is 45.4 Å². The zero-order chi connectivity index (χ0) is 21.7. The molecule has 0 nitrogen and oxygen atoms in total. The number of fused-ring (bicyclic) bond motifs is 1. The van der Waals surface area contributed by atoms with Crippen molar-refractivity contribution in [3.63, 3.8) is 0 Å². The molecule has 0 bridgehead atoms. The number of hydrogen-bond donors (Lipinski definition) is 0. The summed E-state index contributed by atoms with van der Waals surface area (Å²) in [5, 5.41) is 1.11. The van der Waals surface area contributed by atoms with Gasteiger partial charge in [-0.1, -0.05) is 75.6 Å². The molecule has 3 aromatic rings. The van der Waals surface area contributed by atoms with Crippen molar-refractivity contribution in [3.8, 4) is 11.1 Å².